The van der Waals surface area contributed by atoms with Crippen molar-refractivity contribution in [3.05, 3.63) is 16.0 Å². The van der Waals surface area contributed by atoms with E-state index in [9.17, 15) is 9.59 Å². The van der Waals surface area contributed by atoms with Crippen molar-refractivity contribution in [3.63, 3.8) is 0 Å². The largest absolute Gasteiger partial charge is 0.465 e. The summed E-state index contributed by atoms with van der Waals surface area (Å²) in [6.45, 7) is 2.23. The van der Waals surface area contributed by atoms with Gasteiger partial charge in [-0.1, -0.05) is 64.7 Å². The zero-order valence-electron chi connectivity index (χ0n) is 17.7. The number of unbranched alkanes of at least 4 members (excludes halogenated alkanes) is 7. The molecular weight excluding hydrogens is 370 g/mol. The molecule has 1 amide bonds. The fourth-order valence-electron chi connectivity index (χ4n) is 3.93. The van der Waals surface area contributed by atoms with E-state index in [1.807, 2.05) is 0 Å². The zero-order valence-corrected chi connectivity index (χ0v) is 18.6. The van der Waals surface area contributed by atoms with Crippen LogP contribution in [0.2, 0.25) is 0 Å². The molecule has 0 unspecified atom stereocenters. The first kappa shape index (κ1) is 22.9. The van der Waals surface area contributed by atoms with Crippen LogP contribution in [0.5, 0.6) is 0 Å². The Morgan fingerprint density at radius 2 is 1.57 bits per heavy atom. The lowest BCUT2D eigenvalue weighted by Crippen LogP contribution is -2.14. The van der Waals surface area contributed by atoms with Gasteiger partial charge in [0.15, 0.2) is 0 Å². The standard InChI is InChI=1S/C23H37NO3S/c1-3-4-5-6-7-8-9-14-17-20(25)24-22-21(23(26)27-2)18-15-12-10-11-13-16-19(18)28-22/h3-17H2,1-2H3,(H,24,25). The molecule has 0 aliphatic heterocycles. The summed E-state index contributed by atoms with van der Waals surface area (Å²) < 4.78 is 5.02. The van der Waals surface area contributed by atoms with E-state index in [-0.39, 0.29) is 11.9 Å². The number of carbonyl (C=O) groups is 2. The maximum Gasteiger partial charge on any atom is 0.341 e. The second-order valence-corrected chi connectivity index (χ2v) is 8.99. The monoisotopic (exact) mass is 407 g/mol. The average Bonchev–Trinajstić information content (AvgIpc) is 2.99. The normalized spacial score (nSPS) is 14.1. The number of ether oxygens (including phenoxy) is 1. The van der Waals surface area contributed by atoms with Gasteiger partial charge in [-0.25, -0.2) is 4.79 Å². The number of amides is 1. The minimum atomic E-state index is -0.319. The first-order chi connectivity index (χ1) is 13.7. The van der Waals surface area contributed by atoms with Crippen molar-refractivity contribution in [2.45, 2.75) is 103 Å². The van der Waals surface area contributed by atoms with Gasteiger partial charge in [0.1, 0.15) is 5.00 Å². The Bertz CT molecular complexity index is 624. The summed E-state index contributed by atoms with van der Waals surface area (Å²) in [7, 11) is 1.42. The Balaban J connectivity index is 1.87. The summed E-state index contributed by atoms with van der Waals surface area (Å²) in [6, 6.07) is 0. The Hall–Kier alpha value is -1.36. The number of aryl methyl sites for hydroxylation is 1. The molecule has 0 fully saturated rings. The maximum absolute atomic E-state index is 12.4. The van der Waals surface area contributed by atoms with Crippen LogP contribution in [-0.4, -0.2) is 19.0 Å². The smallest absolute Gasteiger partial charge is 0.341 e. The average molecular weight is 408 g/mol. The van der Waals surface area contributed by atoms with Gasteiger partial charge in [0, 0.05) is 11.3 Å². The van der Waals surface area contributed by atoms with Crippen molar-refractivity contribution in [1.29, 1.82) is 0 Å². The summed E-state index contributed by atoms with van der Waals surface area (Å²) in [4.78, 5) is 26.1. The lowest BCUT2D eigenvalue weighted by atomic mass is 9.96. The van der Waals surface area contributed by atoms with Gasteiger partial charge < -0.3 is 10.1 Å². The number of hydrogen-bond acceptors (Lipinski definition) is 4. The van der Waals surface area contributed by atoms with Gasteiger partial charge in [-0.3, -0.25) is 4.79 Å². The Kier molecular flexibility index (Phi) is 10.6. The van der Waals surface area contributed by atoms with Gasteiger partial charge in [-0.2, -0.15) is 0 Å². The topological polar surface area (TPSA) is 55.4 Å². The Morgan fingerprint density at radius 1 is 0.929 bits per heavy atom. The number of anilines is 1. The molecule has 4 nitrogen and oxygen atoms in total. The van der Waals surface area contributed by atoms with Crippen LogP contribution in [0, 0.1) is 0 Å². The Labute approximate surface area is 174 Å². The number of nitrogens with one attached hydrogen (secondary N) is 1. The van der Waals surface area contributed by atoms with E-state index >= 15 is 0 Å². The zero-order chi connectivity index (χ0) is 20.2. The third kappa shape index (κ3) is 7.23. The van der Waals surface area contributed by atoms with Crippen LogP contribution >= 0.6 is 11.3 Å². The second-order valence-electron chi connectivity index (χ2n) is 7.89. The predicted octanol–water partition coefficient (Wildman–Crippen LogP) is 6.66. The summed E-state index contributed by atoms with van der Waals surface area (Å²) in [5, 5.41) is 3.72. The van der Waals surface area contributed by atoms with Crippen molar-refractivity contribution in [1.82, 2.24) is 0 Å². The van der Waals surface area contributed by atoms with Gasteiger partial charge in [-0.05, 0) is 37.7 Å². The minimum Gasteiger partial charge on any atom is -0.465 e. The van der Waals surface area contributed by atoms with Crippen LogP contribution in [-0.2, 0) is 22.4 Å². The molecule has 1 N–H and O–H groups in total. The third-order valence-electron chi connectivity index (χ3n) is 5.57. The van der Waals surface area contributed by atoms with Crippen molar-refractivity contribution < 1.29 is 14.3 Å². The molecule has 1 aromatic heterocycles. The molecule has 0 bridgehead atoms. The van der Waals surface area contributed by atoms with Gasteiger partial charge in [0.2, 0.25) is 5.91 Å². The number of methoxy groups -OCH3 is 1. The molecule has 5 heteroatoms. The lowest BCUT2D eigenvalue weighted by Gasteiger charge is -2.11. The van der Waals surface area contributed by atoms with Crippen LogP contribution in [0.3, 0.4) is 0 Å². The molecule has 158 valence electrons. The summed E-state index contributed by atoms with van der Waals surface area (Å²) in [6.07, 6.45) is 16.9. The number of fused-ring (bicyclic) bond motifs is 1. The summed E-state index contributed by atoms with van der Waals surface area (Å²) in [5.41, 5.74) is 1.72. The molecule has 1 aromatic rings. The van der Waals surface area contributed by atoms with E-state index in [0.29, 0.717) is 17.0 Å². The number of rotatable bonds is 11. The maximum atomic E-state index is 12.4. The molecule has 2 rings (SSSR count). The van der Waals surface area contributed by atoms with Crippen LogP contribution in [0.4, 0.5) is 5.00 Å². The summed E-state index contributed by atoms with van der Waals surface area (Å²) in [5.74, 6) is -0.300. The first-order valence-electron chi connectivity index (χ1n) is 11.2. The van der Waals surface area contributed by atoms with Crippen LogP contribution in [0.15, 0.2) is 0 Å². The van der Waals surface area contributed by atoms with E-state index in [2.05, 4.69) is 12.2 Å². The quantitative estimate of drug-likeness (QED) is 0.329. The van der Waals surface area contributed by atoms with Crippen molar-refractivity contribution in [3.8, 4) is 0 Å². The lowest BCUT2D eigenvalue weighted by molar-refractivity contribution is -0.116. The highest BCUT2D eigenvalue weighted by molar-refractivity contribution is 7.17. The Morgan fingerprint density at radius 3 is 2.25 bits per heavy atom. The van der Waals surface area contributed by atoms with E-state index in [1.54, 1.807) is 11.3 Å². The van der Waals surface area contributed by atoms with E-state index in [1.165, 1.54) is 63.4 Å². The van der Waals surface area contributed by atoms with Crippen molar-refractivity contribution >= 4 is 28.2 Å². The van der Waals surface area contributed by atoms with Crippen molar-refractivity contribution in [2.75, 3.05) is 12.4 Å². The molecular formula is C23H37NO3S. The van der Waals surface area contributed by atoms with Gasteiger partial charge in [-0.15, -0.1) is 11.3 Å². The molecule has 1 heterocycles. The molecule has 0 aromatic carbocycles. The molecule has 0 saturated carbocycles. The van der Waals surface area contributed by atoms with Gasteiger partial charge in [0.05, 0.1) is 12.7 Å². The molecule has 28 heavy (non-hydrogen) atoms. The van der Waals surface area contributed by atoms with Crippen LogP contribution in [0.25, 0.3) is 0 Å². The molecule has 0 saturated heterocycles. The molecule has 1 aliphatic rings. The second kappa shape index (κ2) is 13.0. The number of carbonyl (C=O) groups excluding carboxylic acids is 2. The fraction of sp³-hybridized carbons (Fsp3) is 0.739. The molecule has 1 aliphatic carbocycles. The highest BCUT2D eigenvalue weighted by Crippen LogP contribution is 2.37. The highest BCUT2D eigenvalue weighted by Gasteiger charge is 2.25. The number of esters is 1. The minimum absolute atomic E-state index is 0.0188. The predicted molar refractivity (Wildman–Crippen MR) is 117 cm³/mol. The van der Waals surface area contributed by atoms with E-state index in [4.69, 9.17) is 4.74 Å². The molecule has 0 atom stereocenters. The summed E-state index contributed by atoms with van der Waals surface area (Å²) >= 11 is 1.58. The fourth-order valence-corrected chi connectivity index (χ4v) is 5.23. The SMILES string of the molecule is CCCCCCCCCCC(=O)Nc1sc2c(c1C(=O)OC)CCCCCC2. The number of thiophene rings is 1. The highest BCUT2D eigenvalue weighted by atomic mass is 32.1. The van der Waals surface area contributed by atoms with Crippen molar-refractivity contribution in [2.24, 2.45) is 0 Å². The third-order valence-corrected chi connectivity index (χ3v) is 6.78. The van der Waals surface area contributed by atoms with Gasteiger partial charge >= 0.3 is 5.97 Å². The van der Waals surface area contributed by atoms with Crippen LogP contribution in [0.1, 0.15) is 111 Å². The molecule has 0 spiro atoms. The van der Waals surface area contributed by atoms with Crippen LogP contribution < -0.4 is 5.32 Å². The first-order valence-corrected chi connectivity index (χ1v) is 12.0. The number of hydrogen-bond donors (Lipinski definition) is 1. The van der Waals surface area contributed by atoms with E-state index < -0.39 is 0 Å². The molecule has 0 radical (unpaired) electrons. The van der Waals surface area contributed by atoms with E-state index in [0.717, 1.165) is 44.1 Å². The van der Waals surface area contributed by atoms with Gasteiger partial charge in [0.25, 0.3) is 0 Å².